The predicted molar refractivity (Wildman–Crippen MR) is 107 cm³/mol. The van der Waals surface area contributed by atoms with Gasteiger partial charge in [-0.05, 0) is 69.2 Å². The Labute approximate surface area is 168 Å². The lowest BCUT2D eigenvalue weighted by Crippen LogP contribution is -2.30. The minimum absolute atomic E-state index is 0.189. The first-order valence-corrected chi connectivity index (χ1v) is 9.19. The van der Waals surface area contributed by atoms with E-state index in [9.17, 15) is 9.59 Å². The van der Waals surface area contributed by atoms with Crippen molar-refractivity contribution >= 4 is 40.8 Å². The number of amides is 1. The van der Waals surface area contributed by atoms with Crippen LogP contribution in [0.2, 0.25) is 10.0 Å². The van der Waals surface area contributed by atoms with Crippen molar-refractivity contribution in [2.24, 2.45) is 0 Å². The van der Waals surface area contributed by atoms with Crippen LogP contribution in [0.5, 0.6) is 5.75 Å². The van der Waals surface area contributed by atoms with Crippen molar-refractivity contribution in [3.63, 3.8) is 0 Å². The minimum Gasteiger partial charge on any atom is -0.481 e. The van der Waals surface area contributed by atoms with Gasteiger partial charge in [-0.3, -0.25) is 4.79 Å². The van der Waals surface area contributed by atoms with Gasteiger partial charge in [-0.25, -0.2) is 4.79 Å². The van der Waals surface area contributed by atoms with Crippen LogP contribution in [0, 0.1) is 13.8 Å². The Bertz CT molecular complexity index is 844. The van der Waals surface area contributed by atoms with Crippen LogP contribution in [0.25, 0.3) is 0 Å². The molecule has 2 aromatic rings. The lowest BCUT2D eigenvalue weighted by Gasteiger charge is -2.16. The fourth-order valence-corrected chi connectivity index (χ4v) is 2.75. The molecule has 0 spiro atoms. The number of aryl methyl sites for hydroxylation is 2. The summed E-state index contributed by atoms with van der Waals surface area (Å²) < 4.78 is 10.7. The summed E-state index contributed by atoms with van der Waals surface area (Å²) in [5.74, 6) is -0.354. The summed E-state index contributed by atoms with van der Waals surface area (Å²) in [5, 5.41) is 3.64. The maximum Gasteiger partial charge on any atom is 0.339 e. The molecule has 2 aromatic carbocycles. The number of benzene rings is 2. The highest BCUT2D eigenvalue weighted by molar-refractivity contribution is 6.33. The molecule has 5 nitrogen and oxygen atoms in total. The Hall–Kier alpha value is -2.24. The summed E-state index contributed by atoms with van der Waals surface area (Å²) in [6.45, 7) is 7.32. The van der Waals surface area contributed by atoms with Gasteiger partial charge in [0.15, 0.2) is 6.10 Å². The molecule has 0 aromatic heterocycles. The van der Waals surface area contributed by atoms with Crippen LogP contribution in [0.1, 0.15) is 35.3 Å². The molecule has 2 rings (SSSR count). The van der Waals surface area contributed by atoms with Gasteiger partial charge in [0.05, 0.1) is 17.2 Å². The fourth-order valence-electron chi connectivity index (χ4n) is 2.44. The zero-order valence-corrected chi connectivity index (χ0v) is 17.1. The highest BCUT2D eigenvalue weighted by atomic mass is 35.5. The third-order valence-electron chi connectivity index (χ3n) is 3.82. The van der Waals surface area contributed by atoms with E-state index < -0.39 is 12.1 Å². The standard InChI is InChI=1S/C20H21Cl2NO4/c1-5-26-20(25)16-10-14(6-7-17(16)21)23-19(24)13(4)27-15-8-11(2)18(22)12(3)9-15/h6-10,13H,5H2,1-4H3,(H,23,24)/t13-/m0/s1. The van der Waals surface area contributed by atoms with Gasteiger partial charge in [0, 0.05) is 10.7 Å². The Morgan fingerprint density at radius 1 is 1.11 bits per heavy atom. The van der Waals surface area contributed by atoms with Gasteiger partial charge >= 0.3 is 5.97 Å². The summed E-state index contributed by atoms with van der Waals surface area (Å²) in [6.07, 6.45) is -0.758. The van der Waals surface area contributed by atoms with Crippen LogP contribution in [0.15, 0.2) is 30.3 Å². The topological polar surface area (TPSA) is 64.6 Å². The number of rotatable bonds is 6. The summed E-state index contributed by atoms with van der Waals surface area (Å²) in [6, 6.07) is 8.16. The van der Waals surface area contributed by atoms with Crippen molar-refractivity contribution in [2.45, 2.75) is 33.8 Å². The quantitative estimate of drug-likeness (QED) is 0.666. The summed E-state index contributed by atoms with van der Waals surface area (Å²) in [4.78, 5) is 24.3. The van der Waals surface area contributed by atoms with Crippen LogP contribution in [0.3, 0.4) is 0 Å². The number of carbonyl (C=O) groups excluding carboxylic acids is 2. The highest BCUT2D eigenvalue weighted by Gasteiger charge is 2.18. The largest absolute Gasteiger partial charge is 0.481 e. The average Bonchev–Trinajstić information content (AvgIpc) is 2.61. The lowest BCUT2D eigenvalue weighted by molar-refractivity contribution is -0.122. The smallest absolute Gasteiger partial charge is 0.339 e. The molecule has 1 atom stereocenters. The van der Waals surface area contributed by atoms with E-state index in [-0.39, 0.29) is 23.1 Å². The fraction of sp³-hybridized carbons (Fsp3) is 0.300. The van der Waals surface area contributed by atoms with E-state index in [2.05, 4.69) is 5.32 Å². The molecule has 7 heteroatoms. The number of halogens is 2. The predicted octanol–water partition coefficient (Wildman–Crippen LogP) is 5.19. The molecule has 0 aliphatic heterocycles. The van der Waals surface area contributed by atoms with Gasteiger partial charge in [0.25, 0.3) is 5.91 Å². The Morgan fingerprint density at radius 3 is 2.33 bits per heavy atom. The molecule has 0 radical (unpaired) electrons. The number of hydrogen-bond donors (Lipinski definition) is 1. The number of anilines is 1. The zero-order chi connectivity index (χ0) is 20.1. The highest BCUT2D eigenvalue weighted by Crippen LogP contribution is 2.27. The molecule has 0 aliphatic carbocycles. The molecule has 0 heterocycles. The zero-order valence-electron chi connectivity index (χ0n) is 15.6. The lowest BCUT2D eigenvalue weighted by atomic mass is 10.1. The molecule has 1 amide bonds. The van der Waals surface area contributed by atoms with Gasteiger partial charge in [0.2, 0.25) is 0 Å². The molecule has 0 aliphatic rings. The van der Waals surface area contributed by atoms with Crippen molar-refractivity contribution in [3.8, 4) is 5.75 Å². The van der Waals surface area contributed by atoms with Gasteiger partial charge < -0.3 is 14.8 Å². The van der Waals surface area contributed by atoms with Gasteiger partial charge in [-0.1, -0.05) is 23.2 Å². The third-order valence-corrected chi connectivity index (χ3v) is 4.75. The van der Waals surface area contributed by atoms with E-state index >= 15 is 0 Å². The molecular formula is C20H21Cl2NO4. The van der Waals surface area contributed by atoms with E-state index in [0.29, 0.717) is 16.5 Å². The third kappa shape index (κ3) is 5.37. The first-order valence-electron chi connectivity index (χ1n) is 8.43. The maximum absolute atomic E-state index is 12.4. The Morgan fingerprint density at radius 2 is 1.74 bits per heavy atom. The van der Waals surface area contributed by atoms with Gasteiger partial charge in [-0.15, -0.1) is 0 Å². The van der Waals surface area contributed by atoms with Crippen LogP contribution < -0.4 is 10.1 Å². The second-order valence-corrected chi connectivity index (χ2v) is 6.82. The molecule has 0 unspecified atom stereocenters. The van der Waals surface area contributed by atoms with Crippen molar-refractivity contribution in [1.82, 2.24) is 0 Å². The first-order chi connectivity index (χ1) is 12.7. The average molecular weight is 410 g/mol. The van der Waals surface area contributed by atoms with Crippen LogP contribution in [-0.4, -0.2) is 24.6 Å². The second kappa shape index (κ2) is 9.11. The molecule has 0 saturated heterocycles. The summed E-state index contributed by atoms with van der Waals surface area (Å²) >= 11 is 12.2. The molecule has 0 bridgehead atoms. The number of esters is 1. The molecule has 0 fully saturated rings. The molecule has 1 N–H and O–H groups in total. The van der Waals surface area contributed by atoms with Crippen molar-refractivity contribution in [2.75, 3.05) is 11.9 Å². The van der Waals surface area contributed by atoms with E-state index in [4.69, 9.17) is 32.7 Å². The second-order valence-electron chi connectivity index (χ2n) is 6.04. The Kier molecular flexibility index (Phi) is 7.11. The van der Waals surface area contributed by atoms with Crippen LogP contribution in [-0.2, 0) is 9.53 Å². The van der Waals surface area contributed by atoms with E-state index in [1.54, 1.807) is 32.0 Å². The van der Waals surface area contributed by atoms with Crippen molar-refractivity contribution in [1.29, 1.82) is 0 Å². The molecule has 0 saturated carbocycles. The normalized spacial score (nSPS) is 11.6. The van der Waals surface area contributed by atoms with E-state index in [1.165, 1.54) is 12.1 Å². The summed E-state index contributed by atoms with van der Waals surface area (Å²) in [7, 11) is 0. The number of hydrogen-bond acceptors (Lipinski definition) is 4. The first kappa shape index (κ1) is 21.1. The van der Waals surface area contributed by atoms with E-state index in [0.717, 1.165) is 11.1 Å². The maximum atomic E-state index is 12.4. The van der Waals surface area contributed by atoms with Crippen molar-refractivity contribution in [3.05, 3.63) is 57.1 Å². The van der Waals surface area contributed by atoms with Gasteiger partial charge in [0.1, 0.15) is 5.75 Å². The number of nitrogens with one attached hydrogen (secondary N) is 1. The SMILES string of the molecule is CCOC(=O)c1cc(NC(=O)[C@H](C)Oc2cc(C)c(Cl)c(C)c2)ccc1Cl. The van der Waals surface area contributed by atoms with E-state index in [1.807, 2.05) is 13.8 Å². The van der Waals surface area contributed by atoms with Crippen LogP contribution in [0.4, 0.5) is 5.69 Å². The molecule has 144 valence electrons. The van der Waals surface area contributed by atoms with Gasteiger partial charge in [-0.2, -0.15) is 0 Å². The van der Waals surface area contributed by atoms with Crippen LogP contribution >= 0.6 is 23.2 Å². The number of carbonyl (C=O) groups is 2. The monoisotopic (exact) mass is 409 g/mol. The Balaban J connectivity index is 2.10. The molecular weight excluding hydrogens is 389 g/mol. The van der Waals surface area contributed by atoms with Crippen molar-refractivity contribution < 1.29 is 19.1 Å². The minimum atomic E-state index is -0.758. The summed E-state index contributed by atoms with van der Waals surface area (Å²) in [5.41, 5.74) is 2.35. The molecule has 27 heavy (non-hydrogen) atoms. The number of ether oxygens (including phenoxy) is 2.